The maximum absolute atomic E-state index is 11.6. The molecule has 0 amide bonds. The van der Waals surface area contributed by atoms with Crippen molar-refractivity contribution in [3.05, 3.63) is 20.1 Å². The van der Waals surface area contributed by atoms with Gasteiger partial charge in [-0.1, -0.05) is 49.1 Å². The van der Waals surface area contributed by atoms with Crippen LogP contribution in [0.4, 0.5) is 0 Å². The molecule has 1 rings (SSSR count). The van der Waals surface area contributed by atoms with Gasteiger partial charge in [-0.3, -0.25) is 0 Å². The smallest absolute Gasteiger partial charge is 0.346 e. The number of esters is 2. The molecule has 0 aliphatic carbocycles. The second kappa shape index (κ2) is 7.06. The van der Waals surface area contributed by atoms with Gasteiger partial charge in [0.2, 0.25) is 0 Å². The van der Waals surface area contributed by atoms with E-state index in [4.69, 9.17) is 0 Å². The number of allylic oxidation sites excluding steroid dienone is 1. The minimum Gasteiger partial charge on any atom is -0.465 e. The molecule has 0 spiro atoms. The first-order chi connectivity index (χ1) is 9.28. The monoisotopic (exact) mass is 328 g/mol. The molecule has 1 heterocycles. The molecule has 0 saturated heterocycles. The highest BCUT2D eigenvalue weighted by Gasteiger charge is 2.32. The molecule has 7 heteroatoms. The van der Waals surface area contributed by atoms with Crippen molar-refractivity contribution in [2.75, 3.05) is 14.2 Å². The van der Waals surface area contributed by atoms with Crippen LogP contribution in [0.15, 0.2) is 20.1 Å². The zero-order chi connectivity index (χ0) is 15.3. The molecule has 0 N–H and O–H groups in total. The summed E-state index contributed by atoms with van der Waals surface area (Å²) in [6.45, 7) is 6.43. The maximum Gasteiger partial charge on any atom is 0.346 e. The van der Waals surface area contributed by atoms with Crippen LogP contribution in [0, 0.1) is 11.5 Å². The van der Waals surface area contributed by atoms with Crippen LogP contribution in [-0.2, 0) is 19.1 Å². The van der Waals surface area contributed by atoms with Gasteiger partial charge < -0.3 is 9.47 Å². The van der Waals surface area contributed by atoms with Crippen molar-refractivity contribution in [3.8, 4) is 11.5 Å². The number of carbonyl (C=O) groups is 2. The lowest BCUT2D eigenvalue weighted by Crippen LogP contribution is -2.16. The Bertz CT molecular complexity index is 517. The molecule has 0 radical (unpaired) electrons. The van der Waals surface area contributed by atoms with E-state index >= 15 is 0 Å². The van der Waals surface area contributed by atoms with Gasteiger partial charge in [-0.2, -0.15) is 0 Å². The molecule has 0 unspecified atom stereocenters. The van der Waals surface area contributed by atoms with Gasteiger partial charge in [0, 0.05) is 6.08 Å². The van der Waals surface area contributed by atoms with E-state index in [-0.39, 0.29) is 9.81 Å². The number of carbonyl (C=O) groups excluding carboxylic acids is 2. The quantitative estimate of drug-likeness (QED) is 0.441. The number of rotatable bonds is 2. The summed E-state index contributed by atoms with van der Waals surface area (Å²) in [7, 11) is 1.12. The Morgan fingerprint density at radius 1 is 1.05 bits per heavy atom. The molecule has 0 atom stereocenters. The van der Waals surface area contributed by atoms with Crippen LogP contribution in [0.1, 0.15) is 0 Å². The summed E-state index contributed by atoms with van der Waals surface area (Å²) < 4.78 is 10.1. The first kappa shape index (κ1) is 16.9. The number of thioether (sulfide) groups is 2. The van der Waals surface area contributed by atoms with Crippen molar-refractivity contribution in [2.45, 2.75) is 19.6 Å². The summed E-state index contributed by atoms with van der Waals surface area (Å²) in [6, 6.07) is 0. The van der Waals surface area contributed by atoms with E-state index in [1.165, 1.54) is 37.7 Å². The van der Waals surface area contributed by atoms with Crippen LogP contribution in [0.3, 0.4) is 0 Å². The average molecular weight is 328 g/mol. The molecular weight excluding hydrogens is 312 g/mol. The number of hydrogen-bond acceptors (Lipinski definition) is 6. The minimum absolute atomic E-state index is 0.255. The highest BCUT2D eigenvalue weighted by molar-refractivity contribution is 8.29. The zero-order valence-electron chi connectivity index (χ0n) is 12.0. The topological polar surface area (TPSA) is 52.6 Å². The van der Waals surface area contributed by atoms with Crippen LogP contribution in [0.25, 0.3) is 0 Å². The van der Waals surface area contributed by atoms with Crippen molar-refractivity contribution in [1.29, 1.82) is 0 Å². The van der Waals surface area contributed by atoms with Gasteiger partial charge in [0.25, 0.3) is 0 Å². The second-order valence-corrected chi connectivity index (χ2v) is 11.9. The SMILES string of the molecule is COC(=O)C1=C(C(=O)OC)SC(=CC#C[Si](C)(C)C)S1. The Hall–Kier alpha value is -1.10. The van der Waals surface area contributed by atoms with Gasteiger partial charge in [-0.25, -0.2) is 9.59 Å². The van der Waals surface area contributed by atoms with Gasteiger partial charge in [-0.05, 0) is 0 Å². The summed E-state index contributed by atoms with van der Waals surface area (Å²) in [4.78, 5) is 23.8. The Morgan fingerprint density at radius 3 is 1.85 bits per heavy atom. The van der Waals surface area contributed by atoms with E-state index in [0.717, 1.165) is 4.24 Å². The zero-order valence-corrected chi connectivity index (χ0v) is 14.7. The standard InChI is InChI=1S/C13H16O4S2Si/c1-16-12(14)10-11(13(15)17-2)19-9(18-10)7-6-8-20(3,4)5/h7H,1-5H3. The molecule has 1 aliphatic heterocycles. The van der Waals surface area contributed by atoms with Gasteiger partial charge >= 0.3 is 11.9 Å². The second-order valence-electron chi connectivity index (χ2n) is 4.83. The third-order valence-electron chi connectivity index (χ3n) is 1.99. The van der Waals surface area contributed by atoms with E-state index in [1.54, 1.807) is 6.08 Å². The lowest BCUT2D eigenvalue weighted by molar-refractivity contribution is -0.138. The fourth-order valence-corrected chi connectivity index (χ4v) is 3.88. The van der Waals surface area contributed by atoms with Crippen molar-refractivity contribution in [1.82, 2.24) is 0 Å². The first-order valence-corrected chi connectivity index (χ1v) is 10.9. The van der Waals surface area contributed by atoms with Crippen molar-refractivity contribution < 1.29 is 19.1 Å². The highest BCUT2D eigenvalue weighted by atomic mass is 32.2. The summed E-state index contributed by atoms with van der Waals surface area (Å²) in [5.41, 5.74) is 3.20. The first-order valence-electron chi connectivity index (χ1n) is 5.78. The summed E-state index contributed by atoms with van der Waals surface area (Å²) in [5, 5.41) is 0. The number of methoxy groups -OCH3 is 2. The average Bonchev–Trinajstić information content (AvgIpc) is 2.79. The summed E-state index contributed by atoms with van der Waals surface area (Å²) in [5.74, 6) is 1.92. The van der Waals surface area contributed by atoms with Crippen LogP contribution in [-0.4, -0.2) is 34.2 Å². The molecule has 4 nitrogen and oxygen atoms in total. The predicted octanol–water partition coefficient (Wildman–Crippen LogP) is 2.75. The Balaban J connectivity index is 2.97. The lowest BCUT2D eigenvalue weighted by Gasteiger charge is -2.02. The van der Waals surface area contributed by atoms with Gasteiger partial charge in [0.05, 0.1) is 18.5 Å². The third-order valence-corrected chi connectivity index (χ3v) is 5.30. The molecule has 0 saturated carbocycles. The van der Waals surface area contributed by atoms with E-state index in [2.05, 4.69) is 40.6 Å². The van der Waals surface area contributed by atoms with Crippen molar-refractivity contribution in [2.24, 2.45) is 0 Å². The minimum atomic E-state index is -1.44. The van der Waals surface area contributed by atoms with E-state index in [1.807, 2.05) is 0 Å². The van der Waals surface area contributed by atoms with Crippen molar-refractivity contribution in [3.63, 3.8) is 0 Å². The number of ether oxygens (including phenoxy) is 2. The van der Waals surface area contributed by atoms with E-state index in [9.17, 15) is 9.59 Å². The highest BCUT2D eigenvalue weighted by Crippen LogP contribution is 2.49. The van der Waals surface area contributed by atoms with Crippen LogP contribution < -0.4 is 0 Å². The molecule has 108 valence electrons. The van der Waals surface area contributed by atoms with Gasteiger partial charge in [0.15, 0.2) is 0 Å². The van der Waals surface area contributed by atoms with Gasteiger partial charge in [-0.15, -0.1) is 5.54 Å². The Labute approximate surface area is 128 Å². The van der Waals surface area contributed by atoms with Gasteiger partial charge in [0.1, 0.15) is 17.9 Å². The fraction of sp³-hybridized carbons (Fsp3) is 0.385. The largest absolute Gasteiger partial charge is 0.465 e. The van der Waals surface area contributed by atoms with E-state index in [0.29, 0.717) is 0 Å². The van der Waals surface area contributed by atoms with E-state index < -0.39 is 20.0 Å². The Morgan fingerprint density at radius 2 is 1.50 bits per heavy atom. The lowest BCUT2D eigenvalue weighted by atomic mass is 10.5. The van der Waals surface area contributed by atoms with Crippen LogP contribution >= 0.6 is 23.5 Å². The Kier molecular flexibility index (Phi) is 5.99. The molecule has 1 aliphatic rings. The van der Waals surface area contributed by atoms with Crippen LogP contribution in [0.5, 0.6) is 0 Å². The molecular formula is C13H16O4S2Si. The molecule has 0 bridgehead atoms. The van der Waals surface area contributed by atoms with Crippen molar-refractivity contribution >= 4 is 43.5 Å². The third kappa shape index (κ3) is 4.78. The fourth-order valence-electron chi connectivity index (χ4n) is 1.14. The molecule has 0 aromatic heterocycles. The molecule has 0 fully saturated rings. The number of hydrogen-bond donors (Lipinski definition) is 0. The summed E-state index contributed by atoms with van der Waals surface area (Å²) in [6.07, 6.45) is 1.73. The molecule has 0 aromatic rings. The van der Waals surface area contributed by atoms with Crippen LogP contribution in [0.2, 0.25) is 19.6 Å². The maximum atomic E-state index is 11.6. The summed E-state index contributed by atoms with van der Waals surface area (Å²) >= 11 is 2.37. The molecule has 0 aromatic carbocycles. The predicted molar refractivity (Wildman–Crippen MR) is 85.4 cm³/mol. The molecule has 20 heavy (non-hydrogen) atoms. The normalized spacial score (nSPS) is 14.6.